The molecule has 2 aliphatic rings. The van der Waals surface area contributed by atoms with Gasteiger partial charge in [-0.2, -0.15) is 0 Å². The molecule has 7 nitrogen and oxygen atoms in total. The zero-order valence-corrected chi connectivity index (χ0v) is 15.3. The Bertz CT molecular complexity index is 918. The first-order valence-electron chi connectivity index (χ1n) is 9.31. The Morgan fingerprint density at radius 3 is 3.22 bits per heavy atom. The highest BCUT2D eigenvalue weighted by Crippen LogP contribution is 2.21. The van der Waals surface area contributed by atoms with Crippen LogP contribution in [0.5, 0.6) is 0 Å². The fourth-order valence-electron chi connectivity index (χ4n) is 3.59. The van der Waals surface area contributed by atoms with Crippen LogP contribution in [0.15, 0.2) is 41.2 Å². The van der Waals surface area contributed by atoms with E-state index in [-0.39, 0.29) is 24.1 Å². The Kier molecular flexibility index (Phi) is 4.79. The van der Waals surface area contributed by atoms with Crippen LogP contribution in [0.4, 0.5) is 4.39 Å². The average molecular weight is 370 g/mol. The van der Waals surface area contributed by atoms with Gasteiger partial charge in [0.2, 0.25) is 5.91 Å². The Balaban J connectivity index is 1.46. The summed E-state index contributed by atoms with van der Waals surface area (Å²) in [7, 11) is 0. The topological polar surface area (TPSA) is 85.4 Å². The third-order valence-corrected chi connectivity index (χ3v) is 5.10. The van der Waals surface area contributed by atoms with Gasteiger partial charge in [-0.25, -0.2) is 14.4 Å². The van der Waals surface area contributed by atoms with Gasteiger partial charge >= 0.3 is 0 Å². The second kappa shape index (κ2) is 7.38. The summed E-state index contributed by atoms with van der Waals surface area (Å²) >= 11 is 0. The molecule has 2 aromatic rings. The van der Waals surface area contributed by atoms with Crippen LogP contribution >= 0.6 is 0 Å². The summed E-state index contributed by atoms with van der Waals surface area (Å²) in [6, 6.07) is 3.82. The summed E-state index contributed by atoms with van der Waals surface area (Å²) in [6.45, 7) is 4.07. The maximum absolute atomic E-state index is 14.3. The molecule has 3 N–H and O–H groups in total. The van der Waals surface area contributed by atoms with Crippen molar-refractivity contribution in [3.05, 3.63) is 41.7 Å². The molecular weight excluding hydrogens is 347 g/mol. The van der Waals surface area contributed by atoms with E-state index in [1.54, 1.807) is 6.20 Å². The number of H-pyrrole nitrogens is 1. The molecule has 1 saturated heterocycles. The molecule has 0 spiro atoms. The quantitative estimate of drug-likeness (QED) is 0.750. The van der Waals surface area contributed by atoms with E-state index in [1.807, 2.05) is 30.2 Å². The molecule has 4 heterocycles. The third kappa shape index (κ3) is 3.51. The van der Waals surface area contributed by atoms with E-state index in [1.165, 1.54) is 0 Å². The first kappa shape index (κ1) is 17.5. The highest BCUT2D eigenvalue weighted by atomic mass is 19.1. The molecule has 27 heavy (non-hydrogen) atoms. The number of pyridine rings is 1. The molecule has 0 saturated carbocycles. The lowest BCUT2D eigenvalue weighted by molar-refractivity contribution is -0.129. The fourth-order valence-corrected chi connectivity index (χ4v) is 3.59. The van der Waals surface area contributed by atoms with E-state index in [9.17, 15) is 9.18 Å². The molecule has 0 aromatic carbocycles. The van der Waals surface area contributed by atoms with Crippen LogP contribution in [0, 0.1) is 5.92 Å². The van der Waals surface area contributed by atoms with E-state index in [0.717, 1.165) is 36.1 Å². The minimum atomic E-state index is -0.309. The number of amides is 1. The number of aromatic amines is 1. The predicted molar refractivity (Wildman–Crippen MR) is 102 cm³/mol. The maximum Gasteiger partial charge on any atom is 0.222 e. The predicted octanol–water partition coefficient (Wildman–Crippen LogP) is 1.90. The van der Waals surface area contributed by atoms with Gasteiger partial charge in [0, 0.05) is 49.4 Å². The second-order valence-corrected chi connectivity index (χ2v) is 6.90. The maximum atomic E-state index is 14.3. The SMILES string of the molecule is CCC(=O)N1CC[C@H](CNC2=C(F)CNC(c3c[nH]c4ncccc34)=N2)C1. The van der Waals surface area contributed by atoms with Crippen molar-refractivity contribution in [2.24, 2.45) is 10.9 Å². The molecule has 2 aliphatic heterocycles. The molecule has 0 aliphatic carbocycles. The van der Waals surface area contributed by atoms with Gasteiger partial charge in [0.15, 0.2) is 11.6 Å². The van der Waals surface area contributed by atoms with Crippen LogP contribution in [0.25, 0.3) is 11.0 Å². The van der Waals surface area contributed by atoms with Crippen molar-refractivity contribution in [2.45, 2.75) is 19.8 Å². The number of aliphatic imine (C=N–C) groups is 1. The van der Waals surface area contributed by atoms with Gasteiger partial charge < -0.3 is 20.5 Å². The zero-order valence-electron chi connectivity index (χ0n) is 15.3. The number of nitrogens with zero attached hydrogens (tertiary/aromatic N) is 3. The molecule has 2 aromatic heterocycles. The summed E-state index contributed by atoms with van der Waals surface area (Å²) in [5, 5.41) is 7.11. The normalized spacial score (nSPS) is 20.0. The molecule has 142 valence electrons. The highest BCUT2D eigenvalue weighted by molar-refractivity contribution is 6.09. The number of aromatic nitrogens is 2. The minimum Gasteiger partial charge on any atom is -0.367 e. The lowest BCUT2D eigenvalue weighted by atomic mass is 10.1. The van der Waals surface area contributed by atoms with Gasteiger partial charge in [0.25, 0.3) is 0 Å². The first-order valence-corrected chi connectivity index (χ1v) is 9.31. The van der Waals surface area contributed by atoms with Crippen molar-refractivity contribution in [2.75, 3.05) is 26.2 Å². The first-order chi connectivity index (χ1) is 13.2. The molecule has 1 atom stereocenters. The number of likely N-dealkylation sites (tertiary alicyclic amines) is 1. The van der Waals surface area contributed by atoms with Crippen LogP contribution in [0.3, 0.4) is 0 Å². The molecule has 0 radical (unpaired) electrons. The van der Waals surface area contributed by atoms with E-state index in [4.69, 9.17) is 0 Å². The monoisotopic (exact) mass is 370 g/mol. The second-order valence-electron chi connectivity index (χ2n) is 6.90. The number of carbonyl (C=O) groups is 1. The third-order valence-electron chi connectivity index (χ3n) is 5.10. The van der Waals surface area contributed by atoms with Gasteiger partial charge in [-0.3, -0.25) is 4.79 Å². The molecule has 4 rings (SSSR count). The lowest BCUT2D eigenvalue weighted by Gasteiger charge is -2.20. The summed E-state index contributed by atoms with van der Waals surface area (Å²) in [4.78, 5) is 25.5. The molecule has 0 bridgehead atoms. The van der Waals surface area contributed by atoms with E-state index in [2.05, 4.69) is 25.6 Å². The molecule has 8 heteroatoms. The van der Waals surface area contributed by atoms with Gasteiger partial charge in [0.05, 0.1) is 6.54 Å². The van der Waals surface area contributed by atoms with E-state index >= 15 is 0 Å². The molecular formula is C19H23FN6O. The van der Waals surface area contributed by atoms with Gasteiger partial charge in [-0.15, -0.1) is 0 Å². The number of hydrogen-bond acceptors (Lipinski definition) is 5. The summed E-state index contributed by atoms with van der Waals surface area (Å²) in [5.74, 6) is 1.07. The zero-order chi connectivity index (χ0) is 18.8. The van der Waals surface area contributed by atoms with Crippen molar-refractivity contribution >= 4 is 22.8 Å². The summed E-state index contributed by atoms with van der Waals surface area (Å²) < 4.78 is 14.3. The van der Waals surface area contributed by atoms with E-state index in [0.29, 0.717) is 24.7 Å². The average Bonchev–Trinajstić information content (AvgIpc) is 3.34. The Morgan fingerprint density at radius 2 is 2.37 bits per heavy atom. The van der Waals surface area contributed by atoms with Crippen LogP contribution in [-0.2, 0) is 4.79 Å². The van der Waals surface area contributed by atoms with Crippen molar-refractivity contribution in [1.29, 1.82) is 0 Å². The number of halogens is 1. The van der Waals surface area contributed by atoms with Crippen LogP contribution in [0.1, 0.15) is 25.3 Å². The number of amidine groups is 1. The van der Waals surface area contributed by atoms with E-state index < -0.39 is 0 Å². The molecule has 1 fully saturated rings. The van der Waals surface area contributed by atoms with Crippen molar-refractivity contribution < 1.29 is 9.18 Å². The van der Waals surface area contributed by atoms with Crippen molar-refractivity contribution in [3.63, 3.8) is 0 Å². The highest BCUT2D eigenvalue weighted by Gasteiger charge is 2.26. The van der Waals surface area contributed by atoms with Crippen LogP contribution in [-0.4, -0.2) is 52.8 Å². The number of rotatable bonds is 5. The van der Waals surface area contributed by atoms with Gasteiger partial charge in [-0.1, -0.05) is 6.92 Å². The number of hydrogen-bond donors (Lipinski definition) is 3. The minimum absolute atomic E-state index is 0.0964. The number of nitrogens with one attached hydrogen (secondary N) is 3. The van der Waals surface area contributed by atoms with Crippen LogP contribution in [0.2, 0.25) is 0 Å². The smallest absolute Gasteiger partial charge is 0.222 e. The Labute approximate surface area is 156 Å². The molecule has 1 amide bonds. The summed E-state index contributed by atoms with van der Waals surface area (Å²) in [5.41, 5.74) is 1.64. The molecule has 0 unspecified atom stereocenters. The Morgan fingerprint density at radius 1 is 1.48 bits per heavy atom. The van der Waals surface area contributed by atoms with Gasteiger partial charge in [-0.05, 0) is 24.5 Å². The number of carbonyl (C=O) groups excluding carboxylic acids is 1. The largest absolute Gasteiger partial charge is 0.367 e. The standard InChI is InChI=1S/C19H23FN6O/c1-2-16(27)26-7-5-12(11-26)8-22-19-15(20)10-24-18(25-19)14-9-23-17-13(14)4-3-6-21-17/h3-4,6,9,12,22H,2,5,7-8,10-11H2,1H3,(H,21,23)(H,24,25)/t12-/m1/s1. The van der Waals surface area contributed by atoms with Crippen molar-refractivity contribution in [1.82, 2.24) is 25.5 Å². The Hall–Kier alpha value is -2.90. The van der Waals surface area contributed by atoms with Gasteiger partial charge in [0.1, 0.15) is 11.5 Å². The van der Waals surface area contributed by atoms with Crippen molar-refractivity contribution in [3.8, 4) is 0 Å². The number of fused-ring (bicyclic) bond motifs is 1. The lowest BCUT2D eigenvalue weighted by Crippen LogP contribution is -2.34. The summed E-state index contributed by atoms with van der Waals surface area (Å²) in [6.07, 6.45) is 5.00. The van der Waals surface area contributed by atoms with Crippen LogP contribution < -0.4 is 10.6 Å². The fraction of sp³-hybridized carbons (Fsp3) is 0.421.